The van der Waals surface area contributed by atoms with Crippen LogP contribution in [0.1, 0.15) is 25.0 Å². The van der Waals surface area contributed by atoms with E-state index in [9.17, 15) is 4.79 Å². The molecule has 0 fully saturated rings. The Balaban J connectivity index is 2.02. The monoisotopic (exact) mass is 384 g/mol. The van der Waals surface area contributed by atoms with Crippen LogP contribution >= 0.6 is 11.3 Å². The Labute approximate surface area is 162 Å². The summed E-state index contributed by atoms with van der Waals surface area (Å²) in [4.78, 5) is 17.7. The minimum Gasteiger partial charge on any atom is -0.496 e. The molecule has 142 valence electrons. The molecule has 0 aliphatic heterocycles. The number of hydrogen-bond donors (Lipinski definition) is 0. The molecule has 0 N–H and O–H groups in total. The lowest BCUT2D eigenvalue weighted by molar-refractivity contribution is -0.117. The van der Waals surface area contributed by atoms with E-state index in [-0.39, 0.29) is 12.3 Å². The molecule has 3 aromatic rings. The number of carbonyl (C=O) groups excluding carboxylic acids is 1. The lowest BCUT2D eigenvalue weighted by atomic mass is 10.1. The fourth-order valence-corrected chi connectivity index (χ4v) is 4.23. The van der Waals surface area contributed by atoms with E-state index in [4.69, 9.17) is 9.47 Å². The fraction of sp³-hybridized carbons (Fsp3) is 0.333. The summed E-state index contributed by atoms with van der Waals surface area (Å²) in [5, 5.41) is 0. The first-order valence-corrected chi connectivity index (χ1v) is 9.85. The molecule has 0 saturated carbocycles. The standard InChI is InChI=1S/C21H24N2O3S/c1-5-23-20-17(26-6-2)8-7-9-18(20)27-21(23)22-19(24)13-15-12-14(3)10-11-16(15)25-4/h7-12H,5-6,13H2,1-4H3. The van der Waals surface area contributed by atoms with Crippen molar-refractivity contribution in [1.82, 2.24) is 4.57 Å². The first-order chi connectivity index (χ1) is 13.1. The third-order valence-corrected chi connectivity index (χ3v) is 5.32. The number of ether oxygens (including phenoxy) is 2. The summed E-state index contributed by atoms with van der Waals surface area (Å²) in [7, 11) is 1.61. The zero-order valence-electron chi connectivity index (χ0n) is 16.1. The van der Waals surface area contributed by atoms with E-state index in [1.165, 1.54) is 11.3 Å². The molecule has 2 aromatic carbocycles. The van der Waals surface area contributed by atoms with E-state index >= 15 is 0 Å². The van der Waals surface area contributed by atoms with Gasteiger partial charge in [0.2, 0.25) is 0 Å². The maximum absolute atomic E-state index is 12.7. The molecule has 27 heavy (non-hydrogen) atoms. The van der Waals surface area contributed by atoms with Crippen molar-refractivity contribution in [2.75, 3.05) is 13.7 Å². The van der Waals surface area contributed by atoms with Crippen molar-refractivity contribution in [2.45, 2.75) is 33.7 Å². The molecule has 0 aliphatic carbocycles. The van der Waals surface area contributed by atoms with Crippen LogP contribution in [0.5, 0.6) is 11.5 Å². The molecule has 0 bridgehead atoms. The van der Waals surface area contributed by atoms with Crippen molar-refractivity contribution in [3.63, 3.8) is 0 Å². The van der Waals surface area contributed by atoms with Gasteiger partial charge in [0.15, 0.2) is 4.80 Å². The van der Waals surface area contributed by atoms with E-state index in [2.05, 4.69) is 4.99 Å². The van der Waals surface area contributed by atoms with Crippen LogP contribution in [-0.2, 0) is 17.8 Å². The lowest BCUT2D eigenvalue weighted by Gasteiger charge is -2.08. The van der Waals surface area contributed by atoms with Crippen molar-refractivity contribution < 1.29 is 14.3 Å². The van der Waals surface area contributed by atoms with Crippen LogP contribution < -0.4 is 14.3 Å². The molecule has 0 saturated heterocycles. The predicted octanol–water partition coefficient (Wildman–Crippen LogP) is 4.11. The van der Waals surface area contributed by atoms with Crippen LogP contribution in [0.2, 0.25) is 0 Å². The Bertz CT molecular complexity index is 1030. The highest BCUT2D eigenvalue weighted by Crippen LogP contribution is 2.27. The maximum Gasteiger partial charge on any atom is 0.252 e. The average Bonchev–Trinajstić information content (AvgIpc) is 3.00. The number of nitrogens with zero attached hydrogens (tertiary/aromatic N) is 2. The van der Waals surface area contributed by atoms with Gasteiger partial charge in [-0.15, -0.1) is 0 Å². The average molecular weight is 385 g/mol. The molecule has 1 amide bonds. The second-order valence-electron chi connectivity index (χ2n) is 6.16. The van der Waals surface area contributed by atoms with Gasteiger partial charge in [0, 0.05) is 12.1 Å². The normalized spacial score (nSPS) is 11.8. The molecular weight excluding hydrogens is 360 g/mol. The number of carbonyl (C=O) groups is 1. The lowest BCUT2D eigenvalue weighted by Crippen LogP contribution is -2.17. The molecule has 0 unspecified atom stereocenters. The number of rotatable bonds is 6. The Kier molecular flexibility index (Phi) is 5.96. The summed E-state index contributed by atoms with van der Waals surface area (Å²) in [6.45, 7) is 7.31. The van der Waals surface area contributed by atoms with E-state index in [0.717, 1.165) is 27.1 Å². The summed E-state index contributed by atoms with van der Waals surface area (Å²) in [5.74, 6) is 1.34. The summed E-state index contributed by atoms with van der Waals surface area (Å²) in [6.07, 6.45) is 0.209. The van der Waals surface area contributed by atoms with Gasteiger partial charge in [-0.2, -0.15) is 4.99 Å². The fourth-order valence-electron chi connectivity index (χ4n) is 3.10. The Morgan fingerprint density at radius 1 is 1.19 bits per heavy atom. The highest BCUT2D eigenvalue weighted by atomic mass is 32.1. The van der Waals surface area contributed by atoms with Gasteiger partial charge < -0.3 is 14.0 Å². The van der Waals surface area contributed by atoms with Gasteiger partial charge >= 0.3 is 0 Å². The minimum atomic E-state index is -0.189. The van der Waals surface area contributed by atoms with Crippen LogP contribution in [0.15, 0.2) is 41.4 Å². The molecule has 0 atom stereocenters. The quantitative estimate of drug-likeness (QED) is 0.643. The molecule has 6 heteroatoms. The number of methoxy groups -OCH3 is 1. The minimum absolute atomic E-state index is 0.189. The van der Waals surface area contributed by atoms with Gasteiger partial charge in [-0.25, -0.2) is 0 Å². The zero-order valence-corrected chi connectivity index (χ0v) is 16.9. The highest BCUT2D eigenvalue weighted by Gasteiger charge is 2.13. The summed E-state index contributed by atoms with van der Waals surface area (Å²) < 4.78 is 14.2. The Morgan fingerprint density at radius 3 is 2.70 bits per heavy atom. The number of para-hydroxylation sites is 1. The summed E-state index contributed by atoms with van der Waals surface area (Å²) in [5.41, 5.74) is 2.93. The molecule has 1 heterocycles. The molecular formula is C21H24N2O3S. The number of thiazole rings is 1. The highest BCUT2D eigenvalue weighted by molar-refractivity contribution is 7.16. The van der Waals surface area contributed by atoms with E-state index in [0.29, 0.717) is 23.7 Å². The SMILES string of the molecule is CCOc1cccc2sc(=NC(=O)Cc3cc(C)ccc3OC)n(CC)c12. The predicted molar refractivity (Wildman–Crippen MR) is 109 cm³/mol. The molecule has 0 aliphatic rings. The number of amides is 1. The number of hydrogen-bond acceptors (Lipinski definition) is 4. The molecule has 5 nitrogen and oxygen atoms in total. The number of benzene rings is 2. The molecule has 3 rings (SSSR count). The summed E-state index contributed by atoms with van der Waals surface area (Å²) >= 11 is 1.50. The molecule has 1 aromatic heterocycles. The largest absolute Gasteiger partial charge is 0.496 e. The smallest absolute Gasteiger partial charge is 0.252 e. The van der Waals surface area contributed by atoms with Crippen LogP contribution in [-0.4, -0.2) is 24.2 Å². The van der Waals surface area contributed by atoms with Gasteiger partial charge in [-0.1, -0.05) is 35.1 Å². The number of aryl methyl sites for hydroxylation is 2. The molecule has 0 spiro atoms. The van der Waals surface area contributed by atoms with Crippen LogP contribution in [0.4, 0.5) is 0 Å². The molecule has 0 radical (unpaired) electrons. The first-order valence-electron chi connectivity index (χ1n) is 9.03. The van der Waals surface area contributed by atoms with Crippen molar-refractivity contribution in [2.24, 2.45) is 4.99 Å². The first kappa shape index (κ1) is 19.2. The second-order valence-corrected chi connectivity index (χ2v) is 7.17. The topological polar surface area (TPSA) is 52.8 Å². The zero-order chi connectivity index (χ0) is 19.4. The van der Waals surface area contributed by atoms with Crippen molar-refractivity contribution in [3.8, 4) is 11.5 Å². The van der Waals surface area contributed by atoms with Crippen molar-refractivity contribution in [1.29, 1.82) is 0 Å². The van der Waals surface area contributed by atoms with Gasteiger partial charge in [0.05, 0.1) is 24.8 Å². The van der Waals surface area contributed by atoms with Crippen LogP contribution in [0, 0.1) is 6.92 Å². The van der Waals surface area contributed by atoms with Crippen LogP contribution in [0.25, 0.3) is 10.2 Å². The van der Waals surface area contributed by atoms with Crippen molar-refractivity contribution >= 4 is 27.5 Å². The van der Waals surface area contributed by atoms with Gasteiger partial charge in [0.1, 0.15) is 17.0 Å². The number of aromatic nitrogens is 1. The maximum atomic E-state index is 12.7. The third-order valence-electron chi connectivity index (χ3n) is 4.28. The number of fused-ring (bicyclic) bond motifs is 1. The second kappa shape index (κ2) is 8.39. The van der Waals surface area contributed by atoms with E-state index in [1.54, 1.807) is 7.11 Å². The van der Waals surface area contributed by atoms with Gasteiger partial charge in [-0.3, -0.25) is 4.79 Å². The van der Waals surface area contributed by atoms with Crippen LogP contribution in [0.3, 0.4) is 0 Å². The van der Waals surface area contributed by atoms with Crippen molar-refractivity contribution in [3.05, 3.63) is 52.3 Å². The van der Waals surface area contributed by atoms with Gasteiger partial charge in [0.25, 0.3) is 5.91 Å². The van der Waals surface area contributed by atoms with E-state index < -0.39 is 0 Å². The Morgan fingerprint density at radius 2 is 2.00 bits per heavy atom. The Hall–Kier alpha value is -2.60. The van der Waals surface area contributed by atoms with E-state index in [1.807, 2.05) is 61.7 Å². The third kappa shape index (κ3) is 4.06. The van der Waals surface area contributed by atoms with Gasteiger partial charge in [-0.05, 0) is 39.0 Å². The summed E-state index contributed by atoms with van der Waals surface area (Å²) in [6, 6.07) is 11.8.